The monoisotopic (exact) mass is 312 g/mol. The van der Waals surface area contributed by atoms with E-state index in [0.29, 0.717) is 17.1 Å². The highest BCUT2D eigenvalue weighted by Crippen LogP contribution is 2.41. The molecule has 0 spiro atoms. The Hall–Kier alpha value is -0.770. The summed E-state index contributed by atoms with van der Waals surface area (Å²) < 4.78 is 1.78. The van der Waals surface area contributed by atoms with Crippen LogP contribution < -0.4 is 0 Å². The first-order valence-corrected chi connectivity index (χ1v) is 7.82. The average Bonchev–Trinajstić information content (AvgIpc) is 2.80. The lowest BCUT2D eigenvalue weighted by molar-refractivity contribution is 0.0659. The quantitative estimate of drug-likeness (QED) is 0.782. The molecule has 2 aliphatic rings. The number of hydrogen-bond acceptors (Lipinski definition) is 2. The van der Waals surface area contributed by atoms with E-state index >= 15 is 0 Å². The number of aryl methyl sites for hydroxylation is 1. The van der Waals surface area contributed by atoms with Gasteiger partial charge in [0.1, 0.15) is 0 Å². The zero-order valence-electron chi connectivity index (χ0n) is 11.7. The summed E-state index contributed by atoms with van der Waals surface area (Å²) in [6.07, 6.45) is 0.917. The molecule has 20 heavy (non-hydrogen) atoms. The van der Waals surface area contributed by atoms with E-state index in [1.807, 2.05) is 17.9 Å². The van der Waals surface area contributed by atoms with Crippen molar-refractivity contribution in [3.63, 3.8) is 0 Å². The molecule has 1 saturated heterocycles. The third-order valence-electron chi connectivity index (χ3n) is 4.45. The molecule has 5 heteroatoms. The molecule has 1 amide bonds. The van der Waals surface area contributed by atoms with Crippen LogP contribution in [0.5, 0.6) is 0 Å². The molecule has 1 fully saturated rings. The van der Waals surface area contributed by atoms with Gasteiger partial charge < -0.3 is 4.90 Å². The molecule has 0 radical (unpaired) electrons. The first-order chi connectivity index (χ1) is 9.56. The summed E-state index contributed by atoms with van der Waals surface area (Å²) in [7, 11) is 0. The van der Waals surface area contributed by atoms with E-state index in [2.05, 4.69) is 13.0 Å². The molecule has 0 aliphatic carbocycles. The van der Waals surface area contributed by atoms with E-state index in [1.165, 1.54) is 5.56 Å². The Kier molecular flexibility index (Phi) is 3.69. The lowest BCUT2D eigenvalue weighted by Crippen LogP contribution is -2.48. The molecule has 0 aromatic heterocycles. The SMILES string of the molecule is CCc1cc(Cl)c2c(c1)[C@H]1CN(Cl)C[C@@H]1N(CC)C2=O. The lowest BCUT2D eigenvalue weighted by atomic mass is 9.83. The highest BCUT2D eigenvalue weighted by Gasteiger charge is 2.45. The van der Waals surface area contributed by atoms with Crippen LogP contribution in [-0.2, 0) is 6.42 Å². The van der Waals surface area contributed by atoms with Gasteiger partial charge in [0.2, 0.25) is 0 Å². The standard InChI is InChI=1S/C15H18Cl2N2O/c1-3-9-5-10-11-7-18(17)8-13(11)19(4-2)15(20)14(10)12(16)6-9/h5-6,11,13H,3-4,7-8H2,1-2H3/t11-,13+/m1/s1. The second-order valence-corrected chi connectivity index (χ2v) is 6.37. The van der Waals surface area contributed by atoms with Crippen molar-refractivity contribution in [2.24, 2.45) is 0 Å². The Labute approximate surface area is 129 Å². The van der Waals surface area contributed by atoms with E-state index in [-0.39, 0.29) is 17.9 Å². The van der Waals surface area contributed by atoms with E-state index in [0.717, 1.165) is 25.1 Å². The molecule has 0 unspecified atom stereocenters. The molecule has 2 atom stereocenters. The van der Waals surface area contributed by atoms with Gasteiger partial charge >= 0.3 is 0 Å². The molecule has 2 aliphatic heterocycles. The number of hydrogen-bond donors (Lipinski definition) is 0. The van der Waals surface area contributed by atoms with Gasteiger partial charge in [0.05, 0.1) is 16.6 Å². The minimum absolute atomic E-state index is 0.0448. The summed E-state index contributed by atoms with van der Waals surface area (Å²) in [5.74, 6) is 0.313. The summed E-state index contributed by atoms with van der Waals surface area (Å²) in [5, 5.41) is 0.578. The van der Waals surface area contributed by atoms with Gasteiger partial charge in [-0.15, -0.1) is 0 Å². The second-order valence-electron chi connectivity index (χ2n) is 5.49. The third-order valence-corrected chi connectivity index (χ3v) is 5.02. The highest BCUT2D eigenvalue weighted by atomic mass is 35.5. The van der Waals surface area contributed by atoms with Crippen LogP contribution in [0.4, 0.5) is 0 Å². The summed E-state index contributed by atoms with van der Waals surface area (Å²) >= 11 is 12.6. The summed E-state index contributed by atoms with van der Waals surface area (Å²) in [5.41, 5.74) is 2.94. The van der Waals surface area contributed by atoms with Gasteiger partial charge in [-0.3, -0.25) is 4.79 Å². The van der Waals surface area contributed by atoms with Crippen LogP contribution in [0.25, 0.3) is 0 Å². The molecule has 0 saturated carbocycles. The topological polar surface area (TPSA) is 23.6 Å². The van der Waals surface area contributed by atoms with Crippen molar-refractivity contribution in [1.82, 2.24) is 9.32 Å². The summed E-state index contributed by atoms with van der Waals surface area (Å²) in [6, 6.07) is 4.22. The van der Waals surface area contributed by atoms with Gasteiger partial charge in [-0.1, -0.05) is 24.6 Å². The maximum atomic E-state index is 12.7. The zero-order valence-corrected chi connectivity index (χ0v) is 13.2. The number of carbonyl (C=O) groups is 1. The highest BCUT2D eigenvalue weighted by molar-refractivity contribution is 6.34. The van der Waals surface area contributed by atoms with E-state index < -0.39 is 0 Å². The second kappa shape index (κ2) is 5.21. The molecular formula is C15H18Cl2N2O. The van der Waals surface area contributed by atoms with Crippen molar-refractivity contribution in [3.8, 4) is 0 Å². The minimum atomic E-state index is 0.0448. The molecule has 1 aromatic carbocycles. The molecule has 3 rings (SSSR count). The Morgan fingerprint density at radius 1 is 1.30 bits per heavy atom. The maximum absolute atomic E-state index is 12.7. The van der Waals surface area contributed by atoms with Crippen LogP contribution in [0.1, 0.15) is 41.3 Å². The van der Waals surface area contributed by atoms with Crippen molar-refractivity contribution in [1.29, 1.82) is 0 Å². The summed E-state index contributed by atoms with van der Waals surface area (Å²) in [6.45, 7) is 6.29. The van der Waals surface area contributed by atoms with Gasteiger partial charge in [-0.25, -0.2) is 4.42 Å². The number of halogens is 2. The van der Waals surface area contributed by atoms with Crippen molar-refractivity contribution in [2.75, 3.05) is 19.6 Å². The Morgan fingerprint density at radius 3 is 2.70 bits per heavy atom. The van der Waals surface area contributed by atoms with Crippen LogP contribution in [0, 0.1) is 0 Å². The van der Waals surface area contributed by atoms with E-state index in [1.54, 1.807) is 4.42 Å². The van der Waals surface area contributed by atoms with Gasteiger partial charge in [0.25, 0.3) is 5.91 Å². The lowest BCUT2D eigenvalue weighted by Gasteiger charge is -2.38. The number of benzene rings is 1. The van der Waals surface area contributed by atoms with Crippen LogP contribution in [0.15, 0.2) is 12.1 Å². The first-order valence-electron chi connectivity index (χ1n) is 7.10. The smallest absolute Gasteiger partial charge is 0.255 e. The Morgan fingerprint density at radius 2 is 2.05 bits per heavy atom. The number of carbonyl (C=O) groups excluding carboxylic acids is 1. The molecule has 2 heterocycles. The molecule has 0 bridgehead atoms. The van der Waals surface area contributed by atoms with Crippen LogP contribution in [0.2, 0.25) is 5.02 Å². The predicted molar refractivity (Wildman–Crippen MR) is 81.5 cm³/mol. The van der Waals surface area contributed by atoms with Crippen LogP contribution in [-0.4, -0.2) is 40.9 Å². The number of fused-ring (bicyclic) bond motifs is 3. The number of rotatable bonds is 2. The number of likely N-dealkylation sites (N-methyl/N-ethyl adjacent to an activating group) is 1. The molecule has 108 valence electrons. The van der Waals surface area contributed by atoms with Crippen molar-refractivity contribution >= 4 is 29.3 Å². The molecule has 0 N–H and O–H groups in total. The fourth-order valence-corrected chi connectivity index (χ4v) is 4.06. The van der Waals surface area contributed by atoms with Crippen LogP contribution >= 0.6 is 23.4 Å². The van der Waals surface area contributed by atoms with Gasteiger partial charge in [-0.05, 0) is 42.3 Å². The zero-order chi connectivity index (χ0) is 14.4. The van der Waals surface area contributed by atoms with Crippen LogP contribution in [0.3, 0.4) is 0 Å². The molecule has 3 nitrogen and oxygen atoms in total. The number of amides is 1. The fraction of sp³-hybridized carbons (Fsp3) is 0.533. The van der Waals surface area contributed by atoms with E-state index in [4.69, 9.17) is 23.4 Å². The van der Waals surface area contributed by atoms with Gasteiger partial charge in [0.15, 0.2) is 0 Å². The largest absolute Gasteiger partial charge is 0.334 e. The maximum Gasteiger partial charge on any atom is 0.255 e. The predicted octanol–water partition coefficient (Wildman–Crippen LogP) is 3.30. The van der Waals surface area contributed by atoms with E-state index in [9.17, 15) is 4.79 Å². The molecule has 1 aromatic rings. The van der Waals surface area contributed by atoms with Crippen molar-refractivity contribution in [3.05, 3.63) is 33.8 Å². The van der Waals surface area contributed by atoms with Crippen molar-refractivity contribution < 1.29 is 4.79 Å². The first kappa shape index (κ1) is 14.2. The third kappa shape index (κ3) is 2.03. The Bertz CT molecular complexity index is 561. The Balaban J connectivity index is 2.17. The van der Waals surface area contributed by atoms with Gasteiger partial charge in [-0.2, -0.15) is 0 Å². The molecular weight excluding hydrogens is 295 g/mol. The van der Waals surface area contributed by atoms with Crippen molar-refractivity contribution in [2.45, 2.75) is 32.2 Å². The summed E-state index contributed by atoms with van der Waals surface area (Å²) in [4.78, 5) is 14.6. The average molecular weight is 313 g/mol. The number of nitrogens with zero attached hydrogens (tertiary/aromatic N) is 2. The fourth-order valence-electron chi connectivity index (χ4n) is 3.44. The normalized spacial score (nSPS) is 25.8. The minimum Gasteiger partial charge on any atom is -0.334 e. The van der Waals surface area contributed by atoms with Gasteiger partial charge in [0, 0.05) is 25.6 Å².